The number of nitrogens with zero attached hydrogens (tertiary/aromatic N) is 1. The van der Waals surface area contributed by atoms with Crippen LogP contribution in [0.5, 0.6) is 5.75 Å². The third-order valence-electron chi connectivity index (χ3n) is 2.53. The SMILES string of the molecule is Cc1cc(OCC(=O)NCc2cnc[nH]2)ccc1Cl. The van der Waals surface area contributed by atoms with Crippen LogP contribution in [0.1, 0.15) is 11.3 Å². The van der Waals surface area contributed by atoms with Gasteiger partial charge >= 0.3 is 0 Å². The second kappa shape index (κ2) is 6.24. The first kappa shape index (κ1) is 13.4. The molecule has 0 fully saturated rings. The van der Waals surface area contributed by atoms with E-state index in [0.717, 1.165) is 11.3 Å². The molecule has 0 saturated heterocycles. The highest BCUT2D eigenvalue weighted by molar-refractivity contribution is 6.31. The summed E-state index contributed by atoms with van der Waals surface area (Å²) in [5.41, 5.74) is 1.76. The molecule has 0 saturated carbocycles. The van der Waals surface area contributed by atoms with Crippen LogP contribution in [0.2, 0.25) is 5.02 Å². The van der Waals surface area contributed by atoms with Crippen molar-refractivity contribution in [1.82, 2.24) is 15.3 Å². The van der Waals surface area contributed by atoms with E-state index >= 15 is 0 Å². The van der Waals surface area contributed by atoms with Crippen molar-refractivity contribution in [3.63, 3.8) is 0 Å². The number of ether oxygens (including phenoxy) is 1. The molecule has 100 valence electrons. The molecule has 0 aliphatic heterocycles. The lowest BCUT2D eigenvalue weighted by molar-refractivity contribution is -0.123. The van der Waals surface area contributed by atoms with Gasteiger partial charge in [-0.05, 0) is 30.7 Å². The summed E-state index contributed by atoms with van der Waals surface area (Å²) in [7, 11) is 0. The zero-order chi connectivity index (χ0) is 13.7. The second-order valence-corrected chi connectivity index (χ2v) is 4.46. The van der Waals surface area contributed by atoms with Crippen LogP contribution in [-0.4, -0.2) is 22.5 Å². The van der Waals surface area contributed by atoms with Crippen molar-refractivity contribution < 1.29 is 9.53 Å². The molecular weight excluding hydrogens is 266 g/mol. The molecule has 1 heterocycles. The largest absolute Gasteiger partial charge is 0.484 e. The Balaban J connectivity index is 1.78. The predicted molar refractivity (Wildman–Crippen MR) is 72.1 cm³/mol. The van der Waals surface area contributed by atoms with Crippen molar-refractivity contribution in [2.75, 3.05) is 6.61 Å². The number of nitrogens with one attached hydrogen (secondary N) is 2. The van der Waals surface area contributed by atoms with E-state index in [4.69, 9.17) is 16.3 Å². The van der Waals surface area contributed by atoms with Gasteiger partial charge in [0.2, 0.25) is 0 Å². The fourth-order valence-corrected chi connectivity index (χ4v) is 1.60. The minimum absolute atomic E-state index is 0.0325. The standard InChI is InChI=1S/C13H14ClN3O2/c1-9-4-11(2-3-12(9)14)19-7-13(18)16-6-10-5-15-8-17-10/h2-5,8H,6-7H2,1H3,(H,15,17)(H,16,18). The number of halogens is 1. The molecule has 2 rings (SSSR count). The third-order valence-corrected chi connectivity index (χ3v) is 2.95. The topological polar surface area (TPSA) is 67.0 Å². The molecule has 19 heavy (non-hydrogen) atoms. The summed E-state index contributed by atoms with van der Waals surface area (Å²) >= 11 is 5.91. The Morgan fingerprint density at radius 1 is 1.53 bits per heavy atom. The summed E-state index contributed by atoms with van der Waals surface area (Å²) in [5.74, 6) is 0.431. The number of aryl methyl sites for hydroxylation is 1. The summed E-state index contributed by atoms with van der Waals surface area (Å²) in [6.07, 6.45) is 3.22. The quantitative estimate of drug-likeness (QED) is 0.880. The van der Waals surface area contributed by atoms with Gasteiger partial charge in [-0.3, -0.25) is 4.79 Å². The van der Waals surface area contributed by atoms with Gasteiger partial charge in [-0.1, -0.05) is 11.6 Å². The first-order valence-corrected chi connectivity index (χ1v) is 6.16. The Hall–Kier alpha value is -2.01. The van der Waals surface area contributed by atoms with Crippen LogP contribution >= 0.6 is 11.6 Å². The first-order valence-electron chi connectivity index (χ1n) is 5.78. The molecule has 0 radical (unpaired) electrons. The number of imidazole rings is 1. The molecular formula is C13H14ClN3O2. The van der Waals surface area contributed by atoms with Gasteiger partial charge in [0.05, 0.1) is 18.6 Å². The maximum Gasteiger partial charge on any atom is 0.258 e. The van der Waals surface area contributed by atoms with Crippen LogP contribution in [-0.2, 0) is 11.3 Å². The Morgan fingerprint density at radius 3 is 3.05 bits per heavy atom. The van der Waals surface area contributed by atoms with E-state index in [1.807, 2.05) is 6.92 Å². The number of aromatic nitrogens is 2. The van der Waals surface area contributed by atoms with Crippen molar-refractivity contribution >= 4 is 17.5 Å². The van der Waals surface area contributed by atoms with Gasteiger partial charge in [0.1, 0.15) is 5.75 Å². The zero-order valence-electron chi connectivity index (χ0n) is 10.4. The Labute approximate surface area is 116 Å². The summed E-state index contributed by atoms with van der Waals surface area (Å²) < 4.78 is 5.38. The maximum atomic E-state index is 11.6. The number of benzene rings is 1. The van der Waals surface area contributed by atoms with E-state index in [9.17, 15) is 4.79 Å². The van der Waals surface area contributed by atoms with Crippen molar-refractivity contribution in [2.45, 2.75) is 13.5 Å². The first-order chi connectivity index (χ1) is 9.15. The molecule has 5 nitrogen and oxygen atoms in total. The van der Waals surface area contributed by atoms with Crippen molar-refractivity contribution in [1.29, 1.82) is 0 Å². The third kappa shape index (κ3) is 3.99. The lowest BCUT2D eigenvalue weighted by Gasteiger charge is -2.08. The fourth-order valence-electron chi connectivity index (χ4n) is 1.48. The van der Waals surface area contributed by atoms with Crippen LogP contribution in [0.3, 0.4) is 0 Å². The van der Waals surface area contributed by atoms with Crippen molar-refractivity contribution in [3.8, 4) is 5.75 Å². The van der Waals surface area contributed by atoms with Crippen LogP contribution in [0.25, 0.3) is 0 Å². The Kier molecular flexibility index (Phi) is 4.41. The summed E-state index contributed by atoms with van der Waals surface area (Å²) in [6, 6.07) is 5.27. The normalized spacial score (nSPS) is 10.2. The summed E-state index contributed by atoms with van der Waals surface area (Å²) in [5, 5.41) is 3.40. The molecule has 1 aromatic heterocycles. The van der Waals surface area contributed by atoms with Gasteiger partial charge in [0.15, 0.2) is 6.61 Å². The molecule has 0 spiro atoms. The monoisotopic (exact) mass is 279 g/mol. The minimum atomic E-state index is -0.192. The predicted octanol–water partition coefficient (Wildman–Crippen LogP) is 2.07. The Morgan fingerprint density at radius 2 is 2.37 bits per heavy atom. The van der Waals surface area contributed by atoms with E-state index in [1.54, 1.807) is 30.7 Å². The van der Waals surface area contributed by atoms with Crippen LogP contribution in [0.4, 0.5) is 0 Å². The van der Waals surface area contributed by atoms with Gasteiger partial charge in [0.25, 0.3) is 5.91 Å². The number of carbonyl (C=O) groups excluding carboxylic acids is 1. The van der Waals surface area contributed by atoms with Gasteiger partial charge in [-0.2, -0.15) is 0 Å². The van der Waals surface area contributed by atoms with E-state index in [0.29, 0.717) is 17.3 Å². The highest BCUT2D eigenvalue weighted by Gasteiger charge is 2.04. The second-order valence-electron chi connectivity index (χ2n) is 4.05. The van der Waals surface area contributed by atoms with Crippen molar-refractivity contribution in [2.24, 2.45) is 0 Å². The lowest BCUT2D eigenvalue weighted by atomic mass is 10.2. The maximum absolute atomic E-state index is 11.6. The molecule has 2 aromatic rings. The van der Waals surface area contributed by atoms with Gasteiger partial charge in [0, 0.05) is 11.2 Å². The fraction of sp³-hybridized carbons (Fsp3) is 0.231. The van der Waals surface area contributed by atoms with Gasteiger partial charge < -0.3 is 15.0 Å². The summed E-state index contributed by atoms with van der Waals surface area (Å²) in [4.78, 5) is 18.3. The van der Waals surface area contributed by atoms with Crippen LogP contribution in [0.15, 0.2) is 30.7 Å². The molecule has 0 unspecified atom stereocenters. The van der Waals surface area contributed by atoms with E-state index in [2.05, 4.69) is 15.3 Å². The highest BCUT2D eigenvalue weighted by Crippen LogP contribution is 2.20. The number of carbonyl (C=O) groups is 1. The van der Waals surface area contributed by atoms with Crippen LogP contribution in [0, 0.1) is 6.92 Å². The highest BCUT2D eigenvalue weighted by atomic mass is 35.5. The number of hydrogen-bond acceptors (Lipinski definition) is 3. The summed E-state index contributed by atoms with van der Waals surface area (Å²) in [6.45, 7) is 2.25. The number of amides is 1. The number of rotatable bonds is 5. The molecule has 1 amide bonds. The van der Waals surface area contributed by atoms with Crippen molar-refractivity contribution in [3.05, 3.63) is 47.0 Å². The minimum Gasteiger partial charge on any atom is -0.484 e. The van der Waals surface area contributed by atoms with Gasteiger partial charge in [-0.15, -0.1) is 0 Å². The zero-order valence-corrected chi connectivity index (χ0v) is 11.2. The van der Waals surface area contributed by atoms with E-state index < -0.39 is 0 Å². The molecule has 0 aliphatic rings. The lowest BCUT2D eigenvalue weighted by Crippen LogP contribution is -2.28. The molecule has 0 bridgehead atoms. The van der Waals surface area contributed by atoms with Gasteiger partial charge in [-0.25, -0.2) is 4.98 Å². The number of hydrogen-bond donors (Lipinski definition) is 2. The average Bonchev–Trinajstić information content (AvgIpc) is 2.91. The van der Waals surface area contributed by atoms with E-state index in [1.165, 1.54) is 0 Å². The molecule has 0 atom stereocenters. The number of H-pyrrole nitrogens is 1. The van der Waals surface area contributed by atoms with Crippen LogP contribution < -0.4 is 10.1 Å². The molecule has 0 aliphatic carbocycles. The molecule has 1 aromatic carbocycles. The molecule has 2 N–H and O–H groups in total. The molecule has 6 heteroatoms. The average molecular weight is 280 g/mol. The smallest absolute Gasteiger partial charge is 0.258 e. The number of aromatic amines is 1. The Bertz CT molecular complexity index is 555. The van der Waals surface area contributed by atoms with E-state index in [-0.39, 0.29) is 12.5 Å².